The van der Waals surface area contributed by atoms with Gasteiger partial charge in [0.2, 0.25) is 5.91 Å². The molecule has 0 aliphatic rings. The number of hydrogen-bond acceptors (Lipinski definition) is 2. The zero-order chi connectivity index (χ0) is 16.7. The van der Waals surface area contributed by atoms with E-state index in [9.17, 15) is 9.59 Å². The van der Waals surface area contributed by atoms with Crippen molar-refractivity contribution < 1.29 is 14.9 Å². The number of carbonyl (C=O) groups is 2. The van der Waals surface area contributed by atoms with Gasteiger partial charge in [0.05, 0.1) is 6.54 Å². The van der Waals surface area contributed by atoms with Crippen LogP contribution in [0.25, 0.3) is 0 Å². The van der Waals surface area contributed by atoms with E-state index >= 15 is 0 Å². The van der Waals surface area contributed by atoms with Gasteiger partial charge in [-0.15, -0.1) is 0 Å². The fourth-order valence-corrected chi connectivity index (χ4v) is 2.38. The number of amides is 2. The molecule has 0 unspecified atom stereocenters. The van der Waals surface area contributed by atoms with Gasteiger partial charge in [0.1, 0.15) is 6.04 Å². The van der Waals surface area contributed by atoms with Crippen LogP contribution in [0.3, 0.4) is 0 Å². The van der Waals surface area contributed by atoms with Crippen molar-refractivity contribution in [3.8, 4) is 0 Å². The molecule has 2 amide bonds. The Kier molecular flexibility index (Phi) is 5.88. The van der Waals surface area contributed by atoms with E-state index in [1.807, 2.05) is 42.6 Å². The molecule has 0 saturated carbocycles. The van der Waals surface area contributed by atoms with Crippen LogP contribution < -0.4 is 16.4 Å². The first kappa shape index (κ1) is 16.7. The Labute approximate surface area is 135 Å². The first-order valence-corrected chi connectivity index (χ1v) is 7.56. The van der Waals surface area contributed by atoms with Crippen LogP contribution in [-0.4, -0.2) is 24.9 Å². The van der Waals surface area contributed by atoms with Gasteiger partial charge in [0.15, 0.2) is 6.54 Å². The fourth-order valence-electron chi connectivity index (χ4n) is 2.38. The van der Waals surface area contributed by atoms with Crippen molar-refractivity contribution >= 4 is 11.8 Å². The predicted molar refractivity (Wildman–Crippen MR) is 88.5 cm³/mol. The van der Waals surface area contributed by atoms with Crippen molar-refractivity contribution in [3.63, 3.8) is 0 Å². The van der Waals surface area contributed by atoms with E-state index in [0.29, 0.717) is 0 Å². The van der Waals surface area contributed by atoms with Gasteiger partial charge in [-0.2, -0.15) is 0 Å². The molecule has 0 radical (unpaired) electrons. The highest BCUT2D eigenvalue weighted by Crippen LogP contribution is 2.18. The molecule has 0 aromatic heterocycles. The van der Waals surface area contributed by atoms with Crippen LogP contribution in [-0.2, 0) is 9.59 Å². The standard InChI is InChI=1S/C18H21N3O2/c1-13-7-9-15(10-8-13)18(14-5-3-2-4-6-14)21-12-17(23)20-11-16(19)22/h2-10,18,21H,11-12H2,1H3,(H2,19,22)(H,20,23)/p+1/t18-/m1/s1. The molecular formula is C18H22N3O2+. The molecule has 2 aromatic rings. The lowest BCUT2D eigenvalue weighted by atomic mass is 9.98. The number of quaternary nitrogens is 1. The molecule has 120 valence electrons. The minimum Gasteiger partial charge on any atom is -0.368 e. The van der Waals surface area contributed by atoms with Crippen molar-refractivity contribution in [2.45, 2.75) is 13.0 Å². The first-order chi connectivity index (χ1) is 11.1. The first-order valence-electron chi connectivity index (χ1n) is 7.56. The van der Waals surface area contributed by atoms with Gasteiger partial charge in [-0.3, -0.25) is 9.59 Å². The van der Waals surface area contributed by atoms with Crippen LogP contribution in [0.5, 0.6) is 0 Å². The summed E-state index contributed by atoms with van der Waals surface area (Å²) in [5, 5.41) is 4.46. The summed E-state index contributed by atoms with van der Waals surface area (Å²) in [4.78, 5) is 22.5. The number of nitrogens with two attached hydrogens (primary N) is 2. The number of primary amides is 1. The van der Waals surface area contributed by atoms with Crippen molar-refractivity contribution in [3.05, 3.63) is 71.3 Å². The molecule has 0 saturated heterocycles. The van der Waals surface area contributed by atoms with Crippen LogP contribution in [0.1, 0.15) is 22.7 Å². The number of benzene rings is 2. The minimum absolute atomic E-state index is 0.0242. The minimum atomic E-state index is -0.545. The maximum atomic E-state index is 11.8. The van der Waals surface area contributed by atoms with E-state index < -0.39 is 5.91 Å². The number of hydrogen-bond donors (Lipinski definition) is 3. The number of nitrogens with one attached hydrogen (secondary N) is 1. The summed E-state index contributed by atoms with van der Waals surface area (Å²) in [6.45, 7) is 2.14. The molecule has 0 spiro atoms. The lowest BCUT2D eigenvalue weighted by Crippen LogP contribution is -2.87. The summed E-state index contributed by atoms with van der Waals surface area (Å²) in [6, 6.07) is 18.3. The van der Waals surface area contributed by atoms with E-state index in [1.165, 1.54) is 5.56 Å². The molecule has 0 fully saturated rings. The third-order valence-electron chi connectivity index (χ3n) is 3.59. The average Bonchev–Trinajstić information content (AvgIpc) is 2.55. The number of carbonyl (C=O) groups excluding carboxylic acids is 2. The van der Waals surface area contributed by atoms with Crippen LogP contribution in [0, 0.1) is 6.92 Å². The molecule has 0 aliphatic carbocycles. The molecule has 2 rings (SSSR count). The largest absolute Gasteiger partial charge is 0.368 e. The summed E-state index contributed by atoms with van der Waals surface area (Å²) in [5.41, 5.74) is 8.48. The lowest BCUT2D eigenvalue weighted by Gasteiger charge is -2.16. The Hall–Kier alpha value is -2.66. The third kappa shape index (κ3) is 5.23. The van der Waals surface area contributed by atoms with Crippen molar-refractivity contribution in [2.75, 3.05) is 13.1 Å². The zero-order valence-electron chi connectivity index (χ0n) is 13.2. The average molecular weight is 312 g/mol. The molecule has 5 heteroatoms. The summed E-state index contributed by atoms with van der Waals surface area (Å²) in [7, 11) is 0. The summed E-state index contributed by atoms with van der Waals surface area (Å²) in [5.74, 6) is -0.756. The van der Waals surface area contributed by atoms with Gasteiger partial charge in [-0.05, 0) is 6.92 Å². The second-order valence-electron chi connectivity index (χ2n) is 5.48. The zero-order valence-corrected chi connectivity index (χ0v) is 13.2. The Balaban J connectivity index is 2.10. The van der Waals surface area contributed by atoms with Gasteiger partial charge in [-0.25, -0.2) is 0 Å². The second kappa shape index (κ2) is 8.10. The van der Waals surface area contributed by atoms with Crippen molar-refractivity contribution in [1.29, 1.82) is 0 Å². The van der Waals surface area contributed by atoms with Gasteiger partial charge >= 0.3 is 0 Å². The maximum absolute atomic E-state index is 11.8. The Morgan fingerprint density at radius 3 is 2.26 bits per heavy atom. The van der Waals surface area contributed by atoms with E-state index in [0.717, 1.165) is 11.1 Å². The summed E-state index contributed by atoms with van der Waals surface area (Å²) < 4.78 is 0. The van der Waals surface area contributed by atoms with Crippen molar-refractivity contribution in [2.24, 2.45) is 5.73 Å². The molecular weight excluding hydrogens is 290 g/mol. The molecule has 2 aromatic carbocycles. The van der Waals surface area contributed by atoms with Crippen LogP contribution in [0.4, 0.5) is 0 Å². The highest BCUT2D eigenvalue weighted by molar-refractivity contribution is 5.84. The van der Waals surface area contributed by atoms with Gasteiger partial charge in [0, 0.05) is 11.1 Å². The summed E-state index contributed by atoms with van der Waals surface area (Å²) in [6.07, 6.45) is 0. The maximum Gasteiger partial charge on any atom is 0.275 e. The monoisotopic (exact) mass is 312 g/mol. The normalized spacial score (nSPS) is 11.7. The van der Waals surface area contributed by atoms with E-state index in [1.54, 1.807) is 0 Å². The van der Waals surface area contributed by atoms with Crippen LogP contribution >= 0.6 is 0 Å². The van der Waals surface area contributed by atoms with E-state index in [-0.39, 0.29) is 25.0 Å². The van der Waals surface area contributed by atoms with Gasteiger partial charge in [0.25, 0.3) is 5.91 Å². The lowest BCUT2D eigenvalue weighted by molar-refractivity contribution is -0.676. The third-order valence-corrected chi connectivity index (χ3v) is 3.59. The second-order valence-corrected chi connectivity index (χ2v) is 5.48. The predicted octanol–water partition coefficient (Wildman–Crippen LogP) is 0.249. The van der Waals surface area contributed by atoms with Crippen LogP contribution in [0.2, 0.25) is 0 Å². The molecule has 5 nitrogen and oxygen atoms in total. The topological polar surface area (TPSA) is 88.8 Å². The quantitative estimate of drug-likeness (QED) is 0.684. The number of rotatable bonds is 7. The summed E-state index contributed by atoms with van der Waals surface area (Å²) >= 11 is 0. The molecule has 0 bridgehead atoms. The smallest absolute Gasteiger partial charge is 0.275 e. The van der Waals surface area contributed by atoms with E-state index in [2.05, 4.69) is 29.6 Å². The van der Waals surface area contributed by atoms with Crippen molar-refractivity contribution in [1.82, 2.24) is 5.32 Å². The molecule has 0 heterocycles. The number of aryl methyl sites for hydroxylation is 1. The Bertz CT molecular complexity index is 654. The van der Waals surface area contributed by atoms with Gasteiger partial charge in [-0.1, -0.05) is 60.2 Å². The van der Waals surface area contributed by atoms with Crippen LogP contribution in [0.15, 0.2) is 54.6 Å². The van der Waals surface area contributed by atoms with Gasteiger partial charge < -0.3 is 16.4 Å². The Morgan fingerprint density at radius 2 is 1.65 bits per heavy atom. The molecule has 5 N–H and O–H groups in total. The fraction of sp³-hybridized carbons (Fsp3) is 0.222. The SMILES string of the molecule is Cc1ccc([C@H]([NH2+]CC(=O)NCC(N)=O)c2ccccc2)cc1. The molecule has 23 heavy (non-hydrogen) atoms. The molecule has 1 atom stereocenters. The Morgan fingerprint density at radius 1 is 1.04 bits per heavy atom. The molecule has 0 aliphatic heterocycles. The highest BCUT2D eigenvalue weighted by atomic mass is 16.2. The van der Waals surface area contributed by atoms with E-state index in [4.69, 9.17) is 5.73 Å². The highest BCUT2D eigenvalue weighted by Gasteiger charge is 2.18.